The minimum atomic E-state index is 0.218. The maximum atomic E-state index is 6.98. The second-order valence-electron chi connectivity index (χ2n) is 33.7. The number of aryl methyl sites for hydroxylation is 1. The molecule has 0 fully saturated rings. The Morgan fingerprint density at radius 1 is 0.183 bits per heavy atom. The highest BCUT2D eigenvalue weighted by atomic mass is 16.5. The summed E-state index contributed by atoms with van der Waals surface area (Å²) in [5.41, 5.74) is 0.749. The number of nitrogens with zero attached hydrogens (tertiary/aromatic N) is 3. The van der Waals surface area contributed by atoms with Crippen molar-refractivity contribution in [3.8, 4) is 69.0 Å². The van der Waals surface area contributed by atoms with Crippen molar-refractivity contribution in [1.29, 1.82) is 0 Å². The van der Waals surface area contributed by atoms with Crippen molar-refractivity contribution >= 4 is 64.6 Å². The van der Waals surface area contributed by atoms with Gasteiger partial charge in [0.05, 0.1) is 78.9 Å². The lowest BCUT2D eigenvalue weighted by Gasteiger charge is -2.21. The molecule has 15 nitrogen and oxygen atoms in total. The molecule has 0 unspecified atom stereocenters. The first-order chi connectivity index (χ1) is 59.2. The molecule has 1 aromatic heterocycles. The topological polar surface area (TPSA) is 141 Å². The third kappa shape index (κ3) is 30.8. The molecule has 9 rings (SSSR count). The highest BCUT2D eigenvalue weighted by Gasteiger charge is 2.25. The summed E-state index contributed by atoms with van der Waals surface area (Å²) in [4.78, 5) is 0. The van der Waals surface area contributed by atoms with Gasteiger partial charge in [0.25, 0.3) is 0 Å². The molecular formula is C105H157N3O12. The zero-order valence-electron chi connectivity index (χ0n) is 76.6. The van der Waals surface area contributed by atoms with E-state index in [4.69, 9.17) is 61.9 Å². The molecule has 664 valence electrons. The van der Waals surface area contributed by atoms with Crippen LogP contribution in [0.15, 0.2) is 79.0 Å². The predicted octanol–water partition coefficient (Wildman–Crippen LogP) is 31.0. The van der Waals surface area contributed by atoms with Crippen molar-refractivity contribution < 1.29 is 56.8 Å². The maximum absolute atomic E-state index is 6.98. The first-order valence-corrected chi connectivity index (χ1v) is 48.8. The van der Waals surface area contributed by atoms with Crippen LogP contribution in [0, 0.1) is 0 Å². The van der Waals surface area contributed by atoms with E-state index < -0.39 is 0 Å². The predicted molar refractivity (Wildman–Crippen MR) is 503 cm³/mol. The van der Waals surface area contributed by atoms with Crippen molar-refractivity contribution in [1.82, 2.24) is 15.0 Å². The Bertz CT molecular complexity index is 4260. The fraction of sp³-hybridized carbons (Fsp3) is 0.638. The Labute approximate surface area is 723 Å². The van der Waals surface area contributed by atoms with Gasteiger partial charge in [-0.25, -0.2) is 0 Å². The molecule has 1 heterocycles. The molecule has 0 aliphatic rings. The smallest absolute Gasteiger partial charge is 0.162 e. The van der Waals surface area contributed by atoms with Crippen LogP contribution in [0.4, 0.5) is 0 Å². The molecule has 0 saturated carbocycles. The van der Waals surface area contributed by atoms with Gasteiger partial charge in [-0.3, -0.25) is 4.68 Å². The number of fused-ring (bicyclic) bond motifs is 12. The second-order valence-corrected chi connectivity index (χ2v) is 33.7. The third-order valence-electron chi connectivity index (χ3n) is 23.3. The summed E-state index contributed by atoms with van der Waals surface area (Å²) in [7, 11) is 0. The molecule has 0 amide bonds. The van der Waals surface area contributed by atoms with Crippen molar-refractivity contribution in [2.45, 2.75) is 365 Å². The normalized spacial score (nSPS) is 11.7. The number of unbranched alkanes of at least 4 members (excludes halogenated alkanes) is 33. The van der Waals surface area contributed by atoms with E-state index in [1.165, 1.54) is 103 Å². The van der Waals surface area contributed by atoms with Gasteiger partial charge in [0.15, 0.2) is 69.0 Å². The molecule has 0 saturated heterocycles. The van der Waals surface area contributed by atoms with Crippen LogP contribution in [-0.4, -0.2) is 87.7 Å². The zero-order valence-corrected chi connectivity index (χ0v) is 76.6. The van der Waals surface area contributed by atoms with Gasteiger partial charge in [-0.15, -0.1) is 5.10 Å². The number of hydrogen-bond acceptors (Lipinski definition) is 14. The third-order valence-corrected chi connectivity index (χ3v) is 23.3. The molecular weight excluding hydrogens is 1500 g/mol. The van der Waals surface area contributed by atoms with Crippen LogP contribution in [0.25, 0.3) is 64.6 Å². The second kappa shape index (κ2) is 56.7. The number of hydrogen-bond donors (Lipinski definition) is 0. The molecule has 0 aliphatic heterocycles. The maximum Gasteiger partial charge on any atom is 0.162 e. The summed E-state index contributed by atoms with van der Waals surface area (Å²) in [5, 5.41) is 22.2. The van der Waals surface area contributed by atoms with Gasteiger partial charge in [-0.2, -0.15) is 0 Å². The van der Waals surface area contributed by atoms with Crippen molar-refractivity contribution in [2.24, 2.45) is 0 Å². The summed E-state index contributed by atoms with van der Waals surface area (Å²) in [6, 6.07) is 26.7. The van der Waals surface area contributed by atoms with E-state index in [0.717, 1.165) is 314 Å². The highest BCUT2D eigenvalue weighted by molar-refractivity contribution is 6.28. The van der Waals surface area contributed by atoms with Crippen LogP contribution >= 0.6 is 0 Å². The van der Waals surface area contributed by atoms with Gasteiger partial charge in [-0.1, -0.05) is 273 Å². The number of ether oxygens (including phenoxy) is 12. The Hall–Kier alpha value is -7.94. The van der Waals surface area contributed by atoms with Gasteiger partial charge in [-0.05, 0) is 221 Å². The van der Waals surface area contributed by atoms with Crippen LogP contribution in [0.3, 0.4) is 0 Å². The summed E-state index contributed by atoms with van der Waals surface area (Å²) in [6.07, 6.45) is 50.3. The quantitative estimate of drug-likeness (QED) is 0.0264. The molecule has 0 N–H and O–H groups in total. The van der Waals surface area contributed by atoms with E-state index in [0.29, 0.717) is 84.2 Å². The largest absolute Gasteiger partial charge is 0.490 e. The number of benzene rings is 8. The summed E-state index contributed by atoms with van der Waals surface area (Å²) < 4.78 is 84.0. The van der Waals surface area contributed by atoms with Crippen LogP contribution in [0.2, 0.25) is 0 Å². The van der Waals surface area contributed by atoms with E-state index in [1.807, 2.05) is 10.9 Å². The van der Waals surface area contributed by atoms with Gasteiger partial charge in [0.2, 0.25) is 0 Å². The molecule has 0 atom stereocenters. The Morgan fingerprint density at radius 2 is 0.333 bits per heavy atom. The lowest BCUT2D eigenvalue weighted by Crippen LogP contribution is -2.05. The minimum Gasteiger partial charge on any atom is -0.490 e. The lowest BCUT2D eigenvalue weighted by molar-refractivity contribution is 0.256. The summed E-state index contributed by atoms with van der Waals surface area (Å²) in [5.74, 6) is 9.08. The highest BCUT2D eigenvalue weighted by Crippen LogP contribution is 2.50. The molecule has 120 heavy (non-hydrogen) atoms. The molecule has 9 aromatic rings. The van der Waals surface area contributed by atoms with Crippen molar-refractivity contribution in [3.05, 3.63) is 84.7 Å². The summed E-state index contributed by atoms with van der Waals surface area (Å²) in [6.45, 7) is 30.2. The fourth-order valence-corrected chi connectivity index (χ4v) is 16.1. The van der Waals surface area contributed by atoms with Gasteiger partial charge in [0, 0.05) is 6.54 Å². The standard InChI is InChI=1S/C105H157N3O12/c1-11-21-31-44-56-109-94-67-82-83-68-95(110-57-45-32-22-12-2)97(112-59-47-34-24-14-4)70-85(83)87-73-103(101(116-63-51-38-28-18-8)71-86(87)84(82)69-96(94)111-58-46-33-23-13-3)118-66-54-42-41-43-55-108-79-81(106-107-108)80-120-105-78-93-91-76-102(117-64-52-39-29-19-9)99(114-61-49-36-26-16-6)74-89(91)88-72-98(113-60-48-35-25-15-5)100(115-62-50-37-27-17-7)75-90(88)92(93)77-104(105)119-65-53-40-30-20-10/h67-79H,11-66,80H2,1-10H3. The summed E-state index contributed by atoms with van der Waals surface area (Å²) >= 11 is 0. The molecule has 0 bridgehead atoms. The average Bonchev–Trinajstić information content (AvgIpc) is 1.42. The molecule has 15 heteroatoms. The van der Waals surface area contributed by atoms with Crippen LogP contribution in [0.5, 0.6) is 69.0 Å². The van der Waals surface area contributed by atoms with Crippen LogP contribution in [0.1, 0.15) is 357 Å². The number of rotatable bonds is 71. The van der Waals surface area contributed by atoms with Gasteiger partial charge >= 0.3 is 0 Å². The first-order valence-electron chi connectivity index (χ1n) is 48.8. The fourth-order valence-electron chi connectivity index (χ4n) is 16.1. The first kappa shape index (κ1) is 95.9. The van der Waals surface area contributed by atoms with E-state index in [2.05, 4.69) is 147 Å². The van der Waals surface area contributed by atoms with Gasteiger partial charge in [0.1, 0.15) is 12.3 Å². The Balaban J connectivity index is 0.992. The lowest BCUT2D eigenvalue weighted by atomic mass is 9.93. The van der Waals surface area contributed by atoms with Gasteiger partial charge < -0.3 is 56.8 Å². The molecule has 0 aliphatic carbocycles. The Morgan fingerprint density at radius 3 is 0.500 bits per heavy atom. The minimum absolute atomic E-state index is 0.218. The van der Waals surface area contributed by atoms with Crippen molar-refractivity contribution in [2.75, 3.05) is 72.7 Å². The van der Waals surface area contributed by atoms with Crippen LogP contribution in [-0.2, 0) is 13.2 Å². The molecule has 0 radical (unpaired) electrons. The van der Waals surface area contributed by atoms with E-state index in [9.17, 15) is 0 Å². The van der Waals surface area contributed by atoms with Crippen molar-refractivity contribution in [3.63, 3.8) is 0 Å². The van der Waals surface area contributed by atoms with E-state index >= 15 is 0 Å². The monoisotopic (exact) mass is 1650 g/mol. The van der Waals surface area contributed by atoms with E-state index in [-0.39, 0.29) is 6.61 Å². The zero-order chi connectivity index (χ0) is 84.4. The van der Waals surface area contributed by atoms with Crippen LogP contribution < -0.4 is 56.8 Å². The SMILES string of the molecule is CCCCCCOc1cc2c3cc(OCCCCCC)c(OCCCCCC)cc3c3cc(OCCCCCCn4cc(COc5cc6c7cc(OCCCCCC)c(OCCCCCC)cc7c7cc(OCCCCCC)c(OCCCCCC)cc7c6cc5OCCCCCC)nn4)c(OCCCCCC)cc3c2cc1OCCCCCC. The molecule has 8 aromatic carbocycles. The van der Waals surface area contributed by atoms with E-state index in [1.54, 1.807) is 0 Å². The average molecular weight is 1650 g/mol. The molecule has 0 spiro atoms. The Kier molecular flexibility index (Phi) is 45.3. The number of aromatic nitrogens is 3.